The predicted molar refractivity (Wildman–Crippen MR) is 67.5 cm³/mol. The van der Waals surface area contributed by atoms with Crippen LogP contribution in [0.4, 0.5) is 0 Å². The number of hydrogen-bond donors (Lipinski definition) is 0. The number of nitrogens with zero attached hydrogens (tertiary/aromatic N) is 1. The SMILES string of the molecule is COC(=O)C1=C(c2ccccc2)CN(C)CC1. The van der Waals surface area contributed by atoms with Crippen molar-refractivity contribution in [3.8, 4) is 0 Å². The van der Waals surface area contributed by atoms with Crippen molar-refractivity contribution in [2.45, 2.75) is 6.42 Å². The van der Waals surface area contributed by atoms with Crippen LogP contribution in [0.1, 0.15) is 12.0 Å². The average Bonchev–Trinajstić information content (AvgIpc) is 2.39. The molecule has 1 aromatic carbocycles. The Morgan fingerprint density at radius 3 is 2.65 bits per heavy atom. The van der Waals surface area contributed by atoms with Crippen LogP contribution in [-0.2, 0) is 9.53 Å². The molecule has 0 aromatic heterocycles. The number of benzene rings is 1. The van der Waals surface area contributed by atoms with Crippen LogP contribution in [0.15, 0.2) is 35.9 Å². The first-order valence-corrected chi connectivity index (χ1v) is 5.76. The highest BCUT2D eigenvalue weighted by molar-refractivity contribution is 5.98. The molecule has 0 aliphatic carbocycles. The molecular formula is C14H17NO2. The number of carbonyl (C=O) groups excluding carboxylic acids is 1. The molecule has 0 radical (unpaired) electrons. The zero-order chi connectivity index (χ0) is 12.3. The summed E-state index contributed by atoms with van der Waals surface area (Å²) in [5.41, 5.74) is 3.02. The molecule has 0 saturated carbocycles. The van der Waals surface area contributed by atoms with Crippen molar-refractivity contribution < 1.29 is 9.53 Å². The summed E-state index contributed by atoms with van der Waals surface area (Å²) in [5, 5.41) is 0. The lowest BCUT2D eigenvalue weighted by Gasteiger charge is -2.26. The second-order valence-corrected chi connectivity index (χ2v) is 4.30. The normalized spacial score (nSPS) is 17.1. The number of likely N-dealkylation sites (N-methyl/N-ethyl adjacent to an activating group) is 1. The number of hydrogen-bond acceptors (Lipinski definition) is 3. The Morgan fingerprint density at radius 2 is 2.00 bits per heavy atom. The Hall–Kier alpha value is -1.61. The van der Waals surface area contributed by atoms with Gasteiger partial charge >= 0.3 is 5.97 Å². The first-order valence-electron chi connectivity index (χ1n) is 5.76. The standard InChI is InChI=1S/C14H17NO2/c1-15-9-8-12(14(16)17-2)13(10-15)11-6-4-3-5-7-11/h3-7H,8-10H2,1-2H3. The lowest BCUT2D eigenvalue weighted by Crippen LogP contribution is -2.29. The minimum Gasteiger partial charge on any atom is -0.466 e. The summed E-state index contributed by atoms with van der Waals surface area (Å²) in [5.74, 6) is -0.197. The van der Waals surface area contributed by atoms with E-state index in [-0.39, 0.29) is 5.97 Å². The van der Waals surface area contributed by atoms with Crippen molar-refractivity contribution >= 4 is 11.5 Å². The van der Waals surface area contributed by atoms with Crippen molar-refractivity contribution in [2.24, 2.45) is 0 Å². The Bertz CT molecular complexity index is 437. The van der Waals surface area contributed by atoms with Crippen LogP contribution >= 0.6 is 0 Å². The molecule has 0 amide bonds. The molecule has 2 rings (SSSR count). The first kappa shape index (κ1) is 11.9. The molecule has 0 atom stereocenters. The molecule has 90 valence electrons. The van der Waals surface area contributed by atoms with Gasteiger partial charge in [-0.2, -0.15) is 0 Å². The lowest BCUT2D eigenvalue weighted by atomic mass is 9.94. The van der Waals surface area contributed by atoms with Gasteiger partial charge in [0.1, 0.15) is 0 Å². The lowest BCUT2D eigenvalue weighted by molar-refractivity contribution is -0.136. The maximum Gasteiger partial charge on any atom is 0.334 e. The van der Waals surface area contributed by atoms with Gasteiger partial charge in [0.05, 0.1) is 7.11 Å². The molecule has 1 aliphatic rings. The molecular weight excluding hydrogens is 214 g/mol. The molecule has 0 fully saturated rings. The smallest absolute Gasteiger partial charge is 0.334 e. The molecule has 0 spiro atoms. The monoisotopic (exact) mass is 231 g/mol. The summed E-state index contributed by atoms with van der Waals surface area (Å²) >= 11 is 0. The van der Waals surface area contributed by atoms with Gasteiger partial charge in [0, 0.05) is 18.7 Å². The average molecular weight is 231 g/mol. The van der Waals surface area contributed by atoms with E-state index < -0.39 is 0 Å². The highest BCUT2D eigenvalue weighted by Crippen LogP contribution is 2.26. The fraction of sp³-hybridized carbons (Fsp3) is 0.357. The van der Waals surface area contributed by atoms with E-state index >= 15 is 0 Å². The van der Waals surface area contributed by atoms with E-state index in [0.717, 1.165) is 36.2 Å². The van der Waals surface area contributed by atoms with Gasteiger partial charge < -0.3 is 9.64 Å². The van der Waals surface area contributed by atoms with E-state index in [1.165, 1.54) is 7.11 Å². The third kappa shape index (κ3) is 2.56. The van der Waals surface area contributed by atoms with Gasteiger partial charge in [0.25, 0.3) is 0 Å². The molecule has 1 aliphatic heterocycles. The Kier molecular flexibility index (Phi) is 3.59. The van der Waals surface area contributed by atoms with Gasteiger partial charge in [-0.25, -0.2) is 4.79 Å². The fourth-order valence-electron chi connectivity index (χ4n) is 2.15. The maximum absolute atomic E-state index is 11.8. The zero-order valence-electron chi connectivity index (χ0n) is 10.3. The molecule has 0 N–H and O–H groups in total. The van der Waals surface area contributed by atoms with Gasteiger partial charge in [-0.3, -0.25) is 0 Å². The van der Waals surface area contributed by atoms with Gasteiger partial charge in [-0.05, 0) is 24.6 Å². The largest absolute Gasteiger partial charge is 0.466 e. The summed E-state index contributed by atoms with van der Waals surface area (Å²) in [6.45, 7) is 1.70. The quantitative estimate of drug-likeness (QED) is 0.729. The molecule has 3 nitrogen and oxygen atoms in total. The molecule has 3 heteroatoms. The van der Waals surface area contributed by atoms with Crippen molar-refractivity contribution in [1.29, 1.82) is 0 Å². The number of ether oxygens (including phenoxy) is 1. The van der Waals surface area contributed by atoms with E-state index in [1.54, 1.807) is 0 Å². The highest BCUT2D eigenvalue weighted by atomic mass is 16.5. The number of methoxy groups -OCH3 is 1. The van der Waals surface area contributed by atoms with Crippen LogP contribution in [0.3, 0.4) is 0 Å². The van der Waals surface area contributed by atoms with E-state index in [1.807, 2.05) is 30.3 Å². The molecule has 0 bridgehead atoms. The maximum atomic E-state index is 11.8. The number of esters is 1. The van der Waals surface area contributed by atoms with E-state index in [0.29, 0.717) is 0 Å². The van der Waals surface area contributed by atoms with Crippen LogP contribution in [0.5, 0.6) is 0 Å². The second-order valence-electron chi connectivity index (χ2n) is 4.30. The van der Waals surface area contributed by atoms with Gasteiger partial charge in [0.2, 0.25) is 0 Å². The minimum atomic E-state index is -0.197. The first-order chi connectivity index (χ1) is 8.22. The summed E-state index contributed by atoms with van der Waals surface area (Å²) in [6, 6.07) is 10.0. The topological polar surface area (TPSA) is 29.5 Å². The highest BCUT2D eigenvalue weighted by Gasteiger charge is 2.22. The van der Waals surface area contributed by atoms with E-state index in [9.17, 15) is 4.79 Å². The summed E-state index contributed by atoms with van der Waals surface area (Å²) < 4.78 is 4.86. The Morgan fingerprint density at radius 1 is 1.29 bits per heavy atom. The van der Waals surface area contributed by atoms with Crippen molar-refractivity contribution in [3.63, 3.8) is 0 Å². The zero-order valence-corrected chi connectivity index (χ0v) is 10.3. The van der Waals surface area contributed by atoms with Crippen molar-refractivity contribution in [2.75, 3.05) is 27.2 Å². The van der Waals surface area contributed by atoms with Crippen LogP contribution < -0.4 is 0 Å². The fourth-order valence-corrected chi connectivity index (χ4v) is 2.15. The van der Waals surface area contributed by atoms with Crippen LogP contribution in [0.2, 0.25) is 0 Å². The van der Waals surface area contributed by atoms with Crippen LogP contribution in [-0.4, -0.2) is 38.1 Å². The molecule has 1 heterocycles. The Balaban J connectivity index is 2.43. The Labute approximate surface area is 102 Å². The summed E-state index contributed by atoms with van der Waals surface area (Å²) in [4.78, 5) is 14.0. The minimum absolute atomic E-state index is 0.197. The number of rotatable bonds is 2. The van der Waals surface area contributed by atoms with Gasteiger partial charge in [-0.1, -0.05) is 30.3 Å². The van der Waals surface area contributed by atoms with Crippen LogP contribution in [0.25, 0.3) is 5.57 Å². The van der Waals surface area contributed by atoms with Gasteiger partial charge in [0.15, 0.2) is 0 Å². The van der Waals surface area contributed by atoms with E-state index in [4.69, 9.17) is 4.74 Å². The van der Waals surface area contributed by atoms with Crippen molar-refractivity contribution in [3.05, 3.63) is 41.5 Å². The van der Waals surface area contributed by atoms with Crippen molar-refractivity contribution in [1.82, 2.24) is 4.90 Å². The summed E-state index contributed by atoms with van der Waals surface area (Å²) in [6.07, 6.45) is 0.757. The van der Waals surface area contributed by atoms with Gasteiger partial charge in [-0.15, -0.1) is 0 Å². The predicted octanol–water partition coefficient (Wildman–Crippen LogP) is 1.95. The molecule has 1 aromatic rings. The summed E-state index contributed by atoms with van der Waals surface area (Å²) in [7, 11) is 3.51. The van der Waals surface area contributed by atoms with E-state index in [2.05, 4.69) is 11.9 Å². The molecule has 17 heavy (non-hydrogen) atoms. The second kappa shape index (κ2) is 5.15. The third-order valence-corrected chi connectivity index (χ3v) is 3.09. The molecule has 0 saturated heterocycles. The van der Waals surface area contributed by atoms with Crippen LogP contribution in [0, 0.1) is 0 Å². The number of carbonyl (C=O) groups is 1. The third-order valence-electron chi connectivity index (χ3n) is 3.09. The molecule has 0 unspecified atom stereocenters.